The third kappa shape index (κ3) is 4.92. The first-order chi connectivity index (χ1) is 7.53. The third-order valence-corrected chi connectivity index (χ3v) is 5.15. The Morgan fingerprint density at radius 2 is 1.94 bits per heavy atom. The quantitative estimate of drug-likeness (QED) is 0.724. The Balaban J connectivity index is 2.41. The maximum Gasteiger partial charge on any atom is 0.0481 e. The van der Waals surface area contributed by atoms with Crippen LogP contribution in [0.15, 0.2) is 30.3 Å². The molecule has 1 unspecified atom stereocenters. The molecule has 0 heterocycles. The average Bonchev–Trinajstić information content (AvgIpc) is 2.27. The molecule has 0 saturated heterocycles. The fourth-order valence-corrected chi connectivity index (χ4v) is 3.64. The van der Waals surface area contributed by atoms with Crippen LogP contribution in [0.1, 0.15) is 26.3 Å². The van der Waals surface area contributed by atoms with Gasteiger partial charge in [0.1, 0.15) is 0 Å². The van der Waals surface area contributed by atoms with Gasteiger partial charge in [0.25, 0.3) is 0 Å². The summed E-state index contributed by atoms with van der Waals surface area (Å²) in [7, 11) is -0.178. The van der Waals surface area contributed by atoms with Crippen LogP contribution >= 0.6 is 0 Å². The number of hydrogen-bond donors (Lipinski definition) is 2. The van der Waals surface area contributed by atoms with Crippen LogP contribution in [0, 0.1) is 0 Å². The van der Waals surface area contributed by atoms with Crippen molar-refractivity contribution in [3.63, 3.8) is 0 Å². The number of nitrogens with two attached hydrogens (primary N) is 1. The van der Waals surface area contributed by atoms with Gasteiger partial charge in [0, 0.05) is 22.1 Å². The van der Waals surface area contributed by atoms with Crippen LogP contribution in [0.3, 0.4) is 0 Å². The van der Waals surface area contributed by atoms with E-state index in [0.717, 1.165) is 0 Å². The molecule has 0 aliphatic carbocycles. The van der Waals surface area contributed by atoms with Crippen LogP contribution in [0.5, 0.6) is 0 Å². The lowest BCUT2D eigenvalue weighted by Crippen LogP contribution is -2.52. The van der Waals surface area contributed by atoms with Gasteiger partial charge in [-0.2, -0.15) is 0 Å². The molecule has 0 amide bonds. The number of benzene rings is 1. The van der Waals surface area contributed by atoms with Crippen molar-refractivity contribution in [2.75, 3.05) is 6.54 Å². The Morgan fingerprint density at radius 3 is 2.50 bits per heavy atom. The van der Waals surface area contributed by atoms with Gasteiger partial charge in [-0.1, -0.05) is 49.7 Å². The van der Waals surface area contributed by atoms with Crippen LogP contribution in [0.25, 0.3) is 0 Å². The SMILES string of the molecule is CC(CN)NC(C)(C)[SiH2]Cc1ccccc1. The van der Waals surface area contributed by atoms with Crippen molar-refractivity contribution in [1.29, 1.82) is 0 Å². The fourth-order valence-electron chi connectivity index (χ4n) is 1.90. The summed E-state index contributed by atoms with van der Waals surface area (Å²) in [4.78, 5) is 0. The van der Waals surface area contributed by atoms with E-state index < -0.39 is 0 Å². The monoisotopic (exact) mass is 236 g/mol. The zero-order valence-corrected chi connectivity index (χ0v) is 12.1. The van der Waals surface area contributed by atoms with Gasteiger partial charge in [-0.05, 0) is 18.1 Å². The lowest BCUT2D eigenvalue weighted by Gasteiger charge is -2.29. The third-order valence-electron chi connectivity index (χ3n) is 2.87. The van der Waals surface area contributed by atoms with Crippen molar-refractivity contribution >= 4 is 9.52 Å². The highest BCUT2D eigenvalue weighted by atomic mass is 28.2. The molecule has 2 nitrogen and oxygen atoms in total. The van der Waals surface area contributed by atoms with Crippen molar-refractivity contribution in [2.24, 2.45) is 5.73 Å². The summed E-state index contributed by atoms with van der Waals surface area (Å²) in [6.07, 6.45) is 0. The van der Waals surface area contributed by atoms with Crippen LogP contribution < -0.4 is 11.1 Å². The van der Waals surface area contributed by atoms with Crippen molar-refractivity contribution in [3.8, 4) is 0 Å². The molecule has 0 aromatic heterocycles. The van der Waals surface area contributed by atoms with Gasteiger partial charge < -0.3 is 11.1 Å². The molecule has 0 aliphatic rings. The smallest absolute Gasteiger partial charge is 0.0481 e. The van der Waals surface area contributed by atoms with Crippen molar-refractivity contribution in [3.05, 3.63) is 35.9 Å². The van der Waals surface area contributed by atoms with Crippen LogP contribution in [-0.2, 0) is 6.04 Å². The molecule has 0 fully saturated rings. The van der Waals surface area contributed by atoms with Gasteiger partial charge >= 0.3 is 0 Å². The minimum atomic E-state index is -0.178. The van der Waals surface area contributed by atoms with Crippen LogP contribution in [0.4, 0.5) is 0 Å². The van der Waals surface area contributed by atoms with Gasteiger partial charge in [0.15, 0.2) is 0 Å². The molecule has 0 aliphatic heterocycles. The molecule has 0 bridgehead atoms. The van der Waals surface area contributed by atoms with E-state index in [1.54, 1.807) is 0 Å². The summed E-state index contributed by atoms with van der Waals surface area (Å²) >= 11 is 0. The molecule has 1 atom stereocenters. The summed E-state index contributed by atoms with van der Waals surface area (Å²) in [5, 5.41) is 3.90. The van der Waals surface area contributed by atoms with E-state index in [9.17, 15) is 0 Å². The Hall–Kier alpha value is -0.643. The molecule has 1 aromatic carbocycles. The van der Waals surface area contributed by atoms with Crippen molar-refractivity contribution < 1.29 is 0 Å². The van der Waals surface area contributed by atoms with E-state index in [-0.39, 0.29) is 14.7 Å². The number of hydrogen-bond acceptors (Lipinski definition) is 2. The first kappa shape index (κ1) is 13.4. The van der Waals surface area contributed by atoms with E-state index in [0.29, 0.717) is 12.6 Å². The van der Waals surface area contributed by atoms with Gasteiger partial charge in [-0.25, -0.2) is 0 Å². The molecule has 0 spiro atoms. The maximum absolute atomic E-state index is 5.64. The molecule has 3 N–H and O–H groups in total. The zero-order chi connectivity index (χ0) is 12.0. The summed E-state index contributed by atoms with van der Waals surface area (Å²) in [6.45, 7) is 7.46. The lowest BCUT2D eigenvalue weighted by molar-refractivity contribution is 0.449. The summed E-state index contributed by atoms with van der Waals surface area (Å²) in [6, 6.07) is 12.4. The highest BCUT2D eigenvalue weighted by molar-refractivity contribution is 6.39. The van der Waals surface area contributed by atoms with Crippen molar-refractivity contribution in [2.45, 2.75) is 38.0 Å². The molecule has 1 aromatic rings. The minimum absolute atomic E-state index is 0.178. The van der Waals surface area contributed by atoms with Gasteiger partial charge in [0.05, 0.1) is 0 Å². The van der Waals surface area contributed by atoms with E-state index in [4.69, 9.17) is 5.73 Å². The molecule has 3 heteroatoms. The largest absolute Gasteiger partial charge is 0.329 e. The summed E-state index contributed by atoms with van der Waals surface area (Å²) in [5.41, 5.74) is 7.10. The Kier molecular flexibility index (Phi) is 5.18. The Labute approximate surface area is 101 Å². The molecular formula is C13H24N2Si. The molecule has 90 valence electrons. The zero-order valence-electron chi connectivity index (χ0n) is 10.7. The number of nitrogens with one attached hydrogen (secondary N) is 1. The highest BCUT2D eigenvalue weighted by Crippen LogP contribution is 2.06. The Bertz CT molecular complexity index is 298. The standard InChI is InChI=1S/C13H24N2Si/c1-11(9-14)15-13(2,3)16-10-12-7-5-4-6-8-12/h4-8,11,15H,9-10,14,16H2,1-3H3. The molecule has 0 radical (unpaired) electrons. The van der Waals surface area contributed by atoms with E-state index in [1.807, 2.05) is 0 Å². The second-order valence-electron chi connectivity index (χ2n) is 5.15. The average molecular weight is 236 g/mol. The van der Waals surface area contributed by atoms with Gasteiger partial charge in [0.2, 0.25) is 0 Å². The lowest BCUT2D eigenvalue weighted by atomic mass is 10.2. The van der Waals surface area contributed by atoms with E-state index in [1.165, 1.54) is 11.6 Å². The minimum Gasteiger partial charge on any atom is -0.329 e. The topological polar surface area (TPSA) is 38.0 Å². The maximum atomic E-state index is 5.64. The molecule has 0 saturated carbocycles. The van der Waals surface area contributed by atoms with Gasteiger partial charge in [-0.3, -0.25) is 0 Å². The van der Waals surface area contributed by atoms with Crippen LogP contribution in [-0.4, -0.2) is 27.3 Å². The first-order valence-corrected chi connectivity index (χ1v) is 7.76. The summed E-state index contributed by atoms with van der Waals surface area (Å²) < 4.78 is 0. The second kappa shape index (κ2) is 6.18. The summed E-state index contributed by atoms with van der Waals surface area (Å²) in [5.74, 6) is 0. The predicted molar refractivity (Wildman–Crippen MR) is 74.4 cm³/mol. The van der Waals surface area contributed by atoms with Gasteiger partial charge in [-0.15, -0.1) is 0 Å². The first-order valence-electron chi connectivity index (χ1n) is 6.05. The molecule has 1 rings (SSSR count). The predicted octanol–water partition coefficient (Wildman–Crippen LogP) is 1.03. The molecule has 16 heavy (non-hydrogen) atoms. The van der Waals surface area contributed by atoms with E-state index >= 15 is 0 Å². The normalized spacial score (nSPS) is 14.5. The highest BCUT2D eigenvalue weighted by Gasteiger charge is 2.19. The Morgan fingerprint density at radius 1 is 1.31 bits per heavy atom. The second-order valence-corrected chi connectivity index (χ2v) is 7.92. The molecular weight excluding hydrogens is 212 g/mol. The van der Waals surface area contributed by atoms with Crippen molar-refractivity contribution in [1.82, 2.24) is 5.32 Å². The van der Waals surface area contributed by atoms with E-state index in [2.05, 4.69) is 56.4 Å². The number of rotatable bonds is 6. The fraction of sp³-hybridized carbons (Fsp3) is 0.538. The van der Waals surface area contributed by atoms with Crippen LogP contribution in [0.2, 0.25) is 0 Å².